The molecule has 0 aliphatic heterocycles. The molecule has 3 aromatic rings. The first-order valence-electron chi connectivity index (χ1n) is 12.2. The van der Waals surface area contributed by atoms with Crippen molar-refractivity contribution in [3.63, 3.8) is 0 Å². The van der Waals surface area contributed by atoms with E-state index in [2.05, 4.69) is 16.7 Å². The number of aliphatic carboxylic acids is 1. The van der Waals surface area contributed by atoms with Gasteiger partial charge in [0.1, 0.15) is 11.1 Å². The molecule has 0 radical (unpaired) electrons. The number of rotatable bonds is 10. The number of carbonyl (C=O) groups is 3. The van der Waals surface area contributed by atoms with Crippen molar-refractivity contribution in [3.05, 3.63) is 95.6 Å². The summed E-state index contributed by atoms with van der Waals surface area (Å²) in [6.07, 6.45) is -0.675. The summed E-state index contributed by atoms with van der Waals surface area (Å²) >= 11 is 0. The van der Waals surface area contributed by atoms with Crippen LogP contribution in [0.1, 0.15) is 49.2 Å². The lowest BCUT2D eigenvalue weighted by Gasteiger charge is -2.28. The number of carbonyl (C=O) groups excluding carboxylic acids is 2. The third-order valence-corrected chi connectivity index (χ3v) is 5.73. The van der Waals surface area contributed by atoms with Crippen molar-refractivity contribution in [1.29, 1.82) is 0 Å². The fourth-order valence-electron chi connectivity index (χ4n) is 3.83. The lowest BCUT2D eigenvalue weighted by molar-refractivity contribution is -0.144. The second-order valence-corrected chi connectivity index (χ2v) is 10.2. The van der Waals surface area contributed by atoms with Crippen LogP contribution in [0.4, 0.5) is 4.79 Å². The van der Waals surface area contributed by atoms with Crippen LogP contribution in [0.3, 0.4) is 0 Å². The van der Waals surface area contributed by atoms with E-state index in [0.717, 1.165) is 22.3 Å². The molecule has 3 N–H and O–H groups in total. The van der Waals surface area contributed by atoms with Crippen LogP contribution in [0.2, 0.25) is 0 Å². The van der Waals surface area contributed by atoms with E-state index < -0.39 is 23.2 Å². The average molecular weight is 503 g/mol. The van der Waals surface area contributed by atoms with E-state index in [9.17, 15) is 19.5 Å². The summed E-state index contributed by atoms with van der Waals surface area (Å²) < 4.78 is 5.24. The number of Topliss-reactive ketones (excluding diaryl/α,β-unsaturated/α-hetero) is 1. The molecule has 0 saturated heterocycles. The number of carboxylic acid groups (broad SMARTS) is 1. The molecule has 0 spiro atoms. The maximum atomic E-state index is 12.3. The molecule has 7 nitrogen and oxygen atoms in total. The van der Waals surface area contributed by atoms with E-state index in [0.29, 0.717) is 12.1 Å². The average Bonchev–Trinajstić information content (AvgIpc) is 2.84. The van der Waals surface area contributed by atoms with Gasteiger partial charge in [-0.1, -0.05) is 72.8 Å². The Balaban J connectivity index is 1.63. The van der Waals surface area contributed by atoms with Gasteiger partial charge < -0.3 is 20.5 Å². The maximum absolute atomic E-state index is 12.3. The monoisotopic (exact) mass is 502 g/mol. The number of carboxylic acids is 1. The van der Waals surface area contributed by atoms with Gasteiger partial charge in [-0.15, -0.1) is 0 Å². The minimum atomic E-state index is -1.52. The number of amides is 1. The standard InChI is InChI=1S/C30H34N2O5/c1-29(2,3)37-28(36)32-30(4,27(34)35)18-21-13-15-23(16-14-21)25-12-8-9-22(17-25)19-31-20-26(33)24-10-6-5-7-11-24/h5-17,31H,18-20H2,1-4H3,(H,32,36)(H,34,35). The molecular weight excluding hydrogens is 468 g/mol. The second kappa shape index (κ2) is 11.8. The molecule has 0 aliphatic carbocycles. The third kappa shape index (κ3) is 8.29. The van der Waals surface area contributed by atoms with Gasteiger partial charge in [0, 0.05) is 18.5 Å². The lowest BCUT2D eigenvalue weighted by Crippen LogP contribution is -2.54. The molecule has 0 saturated carbocycles. The van der Waals surface area contributed by atoms with Crippen molar-refractivity contribution in [1.82, 2.24) is 10.6 Å². The van der Waals surface area contributed by atoms with Crippen molar-refractivity contribution in [2.45, 2.75) is 51.8 Å². The van der Waals surface area contributed by atoms with E-state index in [1.165, 1.54) is 6.92 Å². The SMILES string of the molecule is CC(C)(C)OC(=O)NC(C)(Cc1ccc(-c2cccc(CNCC(=O)c3ccccc3)c2)cc1)C(=O)O. The molecule has 1 unspecified atom stereocenters. The zero-order valence-electron chi connectivity index (χ0n) is 21.7. The molecule has 1 atom stereocenters. The van der Waals surface area contributed by atoms with Crippen LogP contribution >= 0.6 is 0 Å². The minimum absolute atomic E-state index is 0.0434. The van der Waals surface area contributed by atoms with Crippen LogP contribution in [0.5, 0.6) is 0 Å². The number of nitrogens with one attached hydrogen (secondary N) is 2. The highest BCUT2D eigenvalue weighted by atomic mass is 16.6. The molecule has 0 aliphatic rings. The summed E-state index contributed by atoms with van der Waals surface area (Å²) in [5, 5.41) is 15.5. The van der Waals surface area contributed by atoms with E-state index in [1.54, 1.807) is 32.9 Å². The molecule has 1 amide bonds. The first-order valence-corrected chi connectivity index (χ1v) is 12.2. The van der Waals surface area contributed by atoms with Crippen molar-refractivity contribution in [2.24, 2.45) is 0 Å². The summed E-state index contributed by atoms with van der Waals surface area (Å²) in [6, 6.07) is 24.8. The van der Waals surface area contributed by atoms with Gasteiger partial charge in [-0.05, 0) is 56.0 Å². The topological polar surface area (TPSA) is 105 Å². The number of alkyl carbamates (subject to hydrolysis) is 1. The zero-order chi connectivity index (χ0) is 27.1. The largest absolute Gasteiger partial charge is 0.480 e. The number of ketones is 1. The Bertz CT molecular complexity index is 1230. The predicted octanol–water partition coefficient (Wildman–Crippen LogP) is 5.24. The van der Waals surface area contributed by atoms with Crippen molar-refractivity contribution >= 4 is 17.8 Å². The van der Waals surface area contributed by atoms with Gasteiger partial charge >= 0.3 is 12.1 Å². The van der Waals surface area contributed by atoms with E-state index in [1.807, 2.05) is 60.7 Å². The number of hydrogen-bond acceptors (Lipinski definition) is 5. The Hall–Kier alpha value is -3.97. The number of benzene rings is 3. The second-order valence-electron chi connectivity index (χ2n) is 10.2. The Morgan fingerprint density at radius 2 is 1.49 bits per heavy atom. The summed E-state index contributed by atoms with van der Waals surface area (Å²) in [4.78, 5) is 36.5. The highest BCUT2D eigenvalue weighted by molar-refractivity contribution is 5.97. The first-order chi connectivity index (χ1) is 17.4. The number of ether oxygens (including phenoxy) is 1. The Morgan fingerprint density at radius 3 is 2.11 bits per heavy atom. The van der Waals surface area contributed by atoms with Gasteiger partial charge in [-0.2, -0.15) is 0 Å². The van der Waals surface area contributed by atoms with Gasteiger partial charge in [0.05, 0.1) is 6.54 Å². The third-order valence-electron chi connectivity index (χ3n) is 5.73. The summed E-state index contributed by atoms with van der Waals surface area (Å²) in [6.45, 7) is 7.43. The molecular formula is C30H34N2O5. The van der Waals surface area contributed by atoms with Gasteiger partial charge in [-0.25, -0.2) is 9.59 Å². The zero-order valence-corrected chi connectivity index (χ0v) is 21.7. The lowest BCUT2D eigenvalue weighted by atomic mass is 9.92. The van der Waals surface area contributed by atoms with Gasteiger partial charge in [0.15, 0.2) is 5.78 Å². The number of hydrogen-bond donors (Lipinski definition) is 3. The fourth-order valence-corrected chi connectivity index (χ4v) is 3.83. The van der Waals surface area contributed by atoms with Gasteiger partial charge in [0.2, 0.25) is 0 Å². The molecule has 7 heteroatoms. The van der Waals surface area contributed by atoms with Gasteiger partial charge in [0.25, 0.3) is 0 Å². The normalized spacial score (nSPS) is 12.9. The molecule has 0 heterocycles. The smallest absolute Gasteiger partial charge is 0.408 e. The Kier molecular flexibility index (Phi) is 8.84. The highest BCUT2D eigenvalue weighted by Crippen LogP contribution is 2.23. The molecule has 3 aromatic carbocycles. The van der Waals surface area contributed by atoms with Crippen LogP contribution in [-0.4, -0.2) is 40.6 Å². The van der Waals surface area contributed by atoms with E-state index in [4.69, 9.17) is 4.74 Å². The summed E-state index contributed by atoms with van der Waals surface area (Å²) in [7, 11) is 0. The van der Waals surface area contributed by atoms with Crippen LogP contribution < -0.4 is 10.6 Å². The van der Waals surface area contributed by atoms with E-state index in [-0.39, 0.29) is 18.7 Å². The van der Waals surface area contributed by atoms with Crippen molar-refractivity contribution in [2.75, 3.05) is 6.54 Å². The molecule has 3 rings (SSSR count). The summed E-state index contributed by atoms with van der Waals surface area (Å²) in [5.41, 5.74) is 2.23. The molecule has 37 heavy (non-hydrogen) atoms. The van der Waals surface area contributed by atoms with Crippen molar-refractivity contribution in [3.8, 4) is 11.1 Å². The van der Waals surface area contributed by atoms with Gasteiger partial charge in [-0.3, -0.25) is 4.79 Å². The highest BCUT2D eigenvalue weighted by Gasteiger charge is 2.36. The van der Waals surface area contributed by atoms with E-state index >= 15 is 0 Å². The Labute approximate surface area is 217 Å². The molecule has 0 aromatic heterocycles. The first kappa shape index (κ1) is 27.6. The van der Waals surface area contributed by atoms with Crippen LogP contribution in [0.25, 0.3) is 11.1 Å². The van der Waals surface area contributed by atoms with Crippen molar-refractivity contribution < 1.29 is 24.2 Å². The summed E-state index contributed by atoms with van der Waals surface area (Å²) in [5.74, 6) is -1.10. The minimum Gasteiger partial charge on any atom is -0.480 e. The molecule has 194 valence electrons. The fraction of sp³-hybridized carbons (Fsp3) is 0.300. The molecule has 0 bridgehead atoms. The quantitative estimate of drug-likeness (QED) is 0.328. The molecule has 0 fully saturated rings. The van der Waals surface area contributed by atoms with Crippen LogP contribution in [0.15, 0.2) is 78.9 Å². The predicted molar refractivity (Wildman–Crippen MR) is 143 cm³/mol. The van der Waals surface area contributed by atoms with Crippen LogP contribution in [-0.2, 0) is 22.5 Å². The maximum Gasteiger partial charge on any atom is 0.408 e. The van der Waals surface area contributed by atoms with Crippen LogP contribution in [0, 0.1) is 0 Å². The Morgan fingerprint density at radius 1 is 0.811 bits per heavy atom.